The van der Waals surface area contributed by atoms with Crippen molar-refractivity contribution in [2.45, 2.75) is 36.5 Å². The number of nitrogens with one attached hydrogen (secondary N) is 2. The van der Waals surface area contributed by atoms with Crippen LogP contribution in [0.1, 0.15) is 35.7 Å². The van der Waals surface area contributed by atoms with Gasteiger partial charge in [0.15, 0.2) is 0 Å². The first-order chi connectivity index (χ1) is 17.5. The lowest BCUT2D eigenvalue weighted by Gasteiger charge is -2.29. The molecule has 196 valence electrons. The fourth-order valence-electron chi connectivity index (χ4n) is 4.03. The third kappa shape index (κ3) is 6.17. The van der Waals surface area contributed by atoms with Gasteiger partial charge in [-0.2, -0.15) is 4.31 Å². The summed E-state index contributed by atoms with van der Waals surface area (Å²) in [6.45, 7) is 4.71. The molecule has 0 spiro atoms. The van der Waals surface area contributed by atoms with Crippen LogP contribution in [0.25, 0.3) is 0 Å². The summed E-state index contributed by atoms with van der Waals surface area (Å²) < 4.78 is 68.4. The number of amides is 1. The van der Waals surface area contributed by atoms with Crippen LogP contribution < -0.4 is 10.0 Å². The quantitative estimate of drug-likeness (QED) is 0.450. The first kappa shape index (κ1) is 26.8. The number of nitrogens with zero attached hydrogens (tertiary/aromatic N) is 1. The highest BCUT2D eigenvalue weighted by atomic mass is 32.2. The molecule has 3 aromatic rings. The van der Waals surface area contributed by atoms with E-state index < -0.39 is 31.8 Å². The lowest BCUT2D eigenvalue weighted by molar-refractivity contribution is 0.102. The summed E-state index contributed by atoms with van der Waals surface area (Å²) in [5, 5.41) is 2.69. The van der Waals surface area contributed by atoms with E-state index in [9.17, 15) is 26.0 Å². The molecule has 1 saturated heterocycles. The van der Waals surface area contributed by atoms with Crippen LogP contribution in [-0.4, -0.2) is 40.1 Å². The van der Waals surface area contributed by atoms with Crippen LogP contribution in [0, 0.1) is 18.7 Å². The Labute approximate surface area is 216 Å². The number of sulfonamides is 2. The van der Waals surface area contributed by atoms with E-state index in [0.717, 1.165) is 25.0 Å². The molecule has 0 aliphatic carbocycles. The molecule has 0 saturated carbocycles. The minimum Gasteiger partial charge on any atom is -0.322 e. The van der Waals surface area contributed by atoms with Crippen molar-refractivity contribution in [1.29, 1.82) is 0 Å². The minimum absolute atomic E-state index is 0.0463. The molecule has 1 heterocycles. The molecule has 4 rings (SSSR count). The molecular weight excluding hydrogens is 517 g/mol. The Bertz CT molecular complexity index is 1500. The summed E-state index contributed by atoms with van der Waals surface area (Å²) >= 11 is 0. The molecule has 1 amide bonds. The predicted octanol–water partition coefficient (Wildman–Crippen LogP) is 4.61. The fraction of sp³-hybridized carbons (Fsp3) is 0.269. The van der Waals surface area contributed by atoms with Gasteiger partial charge in [-0.15, -0.1) is 0 Å². The maximum Gasteiger partial charge on any atom is 0.261 e. The maximum atomic E-state index is 13.1. The van der Waals surface area contributed by atoms with Crippen molar-refractivity contribution < 1.29 is 26.0 Å². The Morgan fingerprint density at radius 1 is 0.865 bits per heavy atom. The second kappa shape index (κ2) is 10.6. The number of aryl methyl sites for hydroxylation is 1. The number of hydrogen-bond donors (Lipinski definition) is 2. The highest BCUT2D eigenvalue weighted by molar-refractivity contribution is 7.92. The number of carbonyl (C=O) groups is 1. The molecule has 3 aromatic carbocycles. The maximum absolute atomic E-state index is 13.1. The monoisotopic (exact) mass is 545 g/mol. The van der Waals surface area contributed by atoms with Crippen LogP contribution in [-0.2, 0) is 20.0 Å². The lowest BCUT2D eigenvalue weighted by Crippen LogP contribution is -2.38. The van der Waals surface area contributed by atoms with Gasteiger partial charge in [-0.1, -0.05) is 13.0 Å². The van der Waals surface area contributed by atoms with Gasteiger partial charge >= 0.3 is 0 Å². The van der Waals surface area contributed by atoms with E-state index in [-0.39, 0.29) is 21.0 Å². The molecular formula is C26H28FN3O5S2. The van der Waals surface area contributed by atoms with Gasteiger partial charge in [0, 0.05) is 30.0 Å². The Morgan fingerprint density at radius 3 is 2.05 bits per heavy atom. The summed E-state index contributed by atoms with van der Waals surface area (Å²) in [7, 11) is -7.65. The molecule has 1 aliphatic rings. The topological polar surface area (TPSA) is 113 Å². The van der Waals surface area contributed by atoms with Gasteiger partial charge in [0.2, 0.25) is 10.0 Å². The smallest absolute Gasteiger partial charge is 0.261 e. The molecule has 1 fully saturated rings. The molecule has 11 heteroatoms. The number of anilines is 2. The van der Waals surface area contributed by atoms with Gasteiger partial charge in [-0.05, 0) is 91.9 Å². The van der Waals surface area contributed by atoms with E-state index in [2.05, 4.69) is 17.0 Å². The van der Waals surface area contributed by atoms with E-state index in [0.29, 0.717) is 30.3 Å². The molecule has 0 aromatic heterocycles. The molecule has 0 atom stereocenters. The van der Waals surface area contributed by atoms with Crippen LogP contribution in [0.4, 0.5) is 15.8 Å². The molecule has 2 N–H and O–H groups in total. The lowest BCUT2D eigenvalue weighted by atomic mass is 10.0. The van der Waals surface area contributed by atoms with E-state index >= 15 is 0 Å². The standard InChI is InChI=1S/C26H28FN3O5S2/c1-18-13-15-30(16-14-18)37(34,35)24-10-3-19(2)25(17-24)26(31)28-21-8-11-23(12-9-21)36(32,33)29-22-6-4-20(27)5-7-22/h3-12,17-18,29H,13-16H2,1-2H3,(H,28,31). The van der Waals surface area contributed by atoms with Crippen molar-refractivity contribution >= 4 is 37.3 Å². The van der Waals surface area contributed by atoms with E-state index in [1.165, 1.54) is 52.8 Å². The second-order valence-electron chi connectivity index (χ2n) is 9.15. The molecule has 37 heavy (non-hydrogen) atoms. The Balaban J connectivity index is 1.49. The average molecular weight is 546 g/mol. The summed E-state index contributed by atoms with van der Waals surface area (Å²) in [5.74, 6) is -0.518. The number of rotatable bonds is 7. The van der Waals surface area contributed by atoms with E-state index in [1.54, 1.807) is 13.0 Å². The van der Waals surface area contributed by atoms with Crippen LogP contribution in [0.3, 0.4) is 0 Å². The van der Waals surface area contributed by atoms with Gasteiger partial charge in [0.1, 0.15) is 5.82 Å². The van der Waals surface area contributed by atoms with Gasteiger partial charge < -0.3 is 5.32 Å². The predicted molar refractivity (Wildman–Crippen MR) is 140 cm³/mol. The third-order valence-electron chi connectivity index (χ3n) is 6.35. The van der Waals surface area contributed by atoms with Gasteiger partial charge in [0.05, 0.1) is 9.79 Å². The van der Waals surface area contributed by atoms with E-state index in [1.807, 2.05) is 0 Å². The number of halogens is 1. The molecule has 0 unspecified atom stereocenters. The second-order valence-corrected chi connectivity index (χ2v) is 12.8. The zero-order valence-electron chi connectivity index (χ0n) is 20.4. The highest BCUT2D eigenvalue weighted by Gasteiger charge is 2.29. The van der Waals surface area contributed by atoms with Crippen molar-refractivity contribution in [3.05, 3.63) is 83.7 Å². The highest BCUT2D eigenvalue weighted by Crippen LogP contribution is 2.26. The Hall–Kier alpha value is -3.28. The van der Waals surface area contributed by atoms with Crippen LogP contribution in [0.15, 0.2) is 76.5 Å². The molecule has 8 nitrogen and oxygen atoms in total. The largest absolute Gasteiger partial charge is 0.322 e. The van der Waals surface area contributed by atoms with Crippen LogP contribution in [0.5, 0.6) is 0 Å². The number of piperidine rings is 1. The van der Waals surface area contributed by atoms with Gasteiger partial charge in [-0.25, -0.2) is 21.2 Å². The SMILES string of the molecule is Cc1ccc(S(=O)(=O)N2CCC(C)CC2)cc1C(=O)Nc1ccc(S(=O)(=O)Nc2ccc(F)cc2)cc1. The van der Waals surface area contributed by atoms with Crippen molar-refractivity contribution in [2.75, 3.05) is 23.1 Å². The zero-order chi connectivity index (χ0) is 26.8. The van der Waals surface area contributed by atoms with E-state index in [4.69, 9.17) is 0 Å². The fourth-order valence-corrected chi connectivity index (χ4v) is 6.58. The van der Waals surface area contributed by atoms with Gasteiger partial charge in [0.25, 0.3) is 15.9 Å². The van der Waals surface area contributed by atoms with Crippen molar-refractivity contribution in [3.63, 3.8) is 0 Å². The minimum atomic E-state index is -3.92. The van der Waals surface area contributed by atoms with Gasteiger partial charge in [-0.3, -0.25) is 9.52 Å². The molecule has 0 radical (unpaired) electrons. The average Bonchev–Trinajstić information content (AvgIpc) is 2.86. The third-order valence-corrected chi connectivity index (χ3v) is 9.64. The van der Waals surface area contributed by atoms with Crippen LogP contribution in [0.2, 0.25) is 0 Å². The van der Waals surface area contributed by atoms with Crippen molar-refractivity contribution in [3.8, 4) is 0 Å². The summed E-state index contributed by atoms with van der Waals surface area (Å²) in [6, 6.07) is 14.9. The Morgan fingerprint density at radius 2 is 1.43 bits per heavy atom. The Kier molecular flexibility index (Phi) is 7.67. The first-order valence-electron chi connectivity index (χ1n) is 11.8. The number of hydrogen-bond acceptors (Lipinski definition) is 5. The van der Waals surface area contributed by atoms with Crippen LogP contribution >= 0.6 is 0 Å². The van der Waals surface area contributed by atoms with Crippen molar-refractivity contribution in [1.82, 2.24) is 4.31 Å². The summed E-state index contributed by atoms with van der Waals surface area (Å²) in [6.07, 6.45) is 1.59. The first-order valence-corrected chi connectivity index (χ1v) is 14.7. The normalized spacial score (nSPS) is 15.3. The molecule has 0 bridgehead atoms. The van der Waals surface area contributed by atoms with Crippen molar-refractivity contribution in [2.24, 2.45) is 5.92 Å². The summed E-state index contributed by atoms with van der Waals surface area (Å²) in [4.78, 5) is 13.0. The number of benzene rings is 3. The molecule has 1 aliphatic heterocycles. The zero-order valence-corrected chi connectivity index (χ0v) is 22.1. The summed E-state index contributed by atoms with van der Waals surface area (Å²) in [5.41, 5.74) is 1.36. The number of carbonyl (C=O) groups excluding carboxylic acids is 1.